The second-order valence-corrected chi connectivity index (χ2v) is 9.02. The van der Waals surface area contributed by atoms with E-state index >= 15 is 0 Å². The van der Waals surface area contributed by atoms with Crippen molar-refractivity contribution in [2.75, 3.05) is 31.3 Å². The second kappa shape index (κ2) is 8.65. The van der Waals surface area contributed by atoms with Crippen LogP contribution in [0.1, 0.15) is 22.3 Å². The van der Waals surface area contributed by atoms with E-state index in [-0.39, 0.29) is 12.5 Å². The van der Waals surface area contributed by atoms with Gasteiger partial charge in [0.1, 0.15) is 12.3 Å². The van der Waals surface area contributed by atoms with Crippen LogP contribution in [0.2, 0.25) is 0 Å². The predicted octanol–water partition coefficient (Wildman–Crippen LogP) is 3.05. The van der Waals surface area contributed by atoms with E-state index in [2.05, 4.69) is 0 Å². The quantitative estimate of drug-likeness (QED) is 0.711. The molecule has 6 nitrogen and oxygen atoms in total. The zero-order valence-electron chi connectivity index (χ0n) is 17.3. The number of hydrogen-bond acceptors (Lipinski definition) is 4. The topological polar surface area (TPSA) is 66.9 Å². The molecule has 0 bridgehead atoms. The van der Waals surface area contributed by atoms with Crippen molar-refractivity contribution in [2.24, 2.45) is 0 Å². The Morgan fingerprint density at radius 1 is 1.04 bits per heavy atom. The highest BCUT2D eigenvalue weighted by atomic mass is 32.2. The average molecular weight is 405 g/mol. The maximum Gasteiger partial charge on any atom is 0.243 e. The number of nitrogens with zero attached hydrogens (tertiary/aromatic N) is 2. The molecule has 7 heteroatoms. The number of carbonyl (C=O) groups excluding carboxylic acids is 1. The Morgan fingerprint density at radius 2 is 1.57 bits per heavy atom. The van der Waals surface area contributed by atoms with E-state index in [9.17, 15) is 13.2 Å². The molecule has 0 saturated carbocycles. The third-order valence-electron chi connectivity index (χ3n) is 4.57. The highest BCUT2D eigenvalue weighted by molar-refractivity contribution is 7.92. The molecule has 0 N–H and O–H groups in total. The minimum absolute atomic E-state index is 0.240. The lowest BCUT2D eigenvalue weighted by atomic mass is 10.1. The Balaban J connectivity index is 2.24. The normalized spacial score (nSPS) is 11.2. The fraction of sp³-hybridized carbons (Fsp3) is 0.381. The summed E-state index contributed by atoms with van der Waals surface area (Å²) >= 11 is 0. The van der Waals surface area contributed by atoms with Crippen LogP contribution >= 0.6 is 0 Å². The van der Waals surface area contributed by atoms with Crippen molar-refractivity contribution in [2.45, 2.75) is 27.3 Å². The summed E-state index contributed by atoms with van der Waals surface area (Å²) in [6.45, 7) is 5.82. The summed E-state index contributed by atoms with van der Waals surface area (Å²) in [6.07, 6.45) is 1.13. The Labute approximate surface area is 167 Å². The maximum atomic E-state index is 12.8. The molecule has 2 aromatic carbocycles. The van der Waals surface area contributed by atoms with Crippen molar-refractivity contribution in [3.63, 3.8) is 0 Å². The highest BCUT2D eigenvalue weighted by Crippen LogP contribution is 2.28. The largest absolute Gasteiger partial charge is 0.497 e. The number of hydrogen-bond donors (Lipinski definition) is 0. The molecule has 152 valence electrons. The monoisotopic (exact) mass is 404 g/mol. The molecule has 0 aromatic heterocycles. The maximum absolute atomic E-state index is 12.8. The summed E-state index contributed by atoms with van der Waals surface area (Å²) in [6, 6.07) is 11.3. The number of ether oxygens (including phenoxy) is 1. The van der Waals surface area contributed by atoms with E-state index in [0.717, 1.165) is 34.3 Å². The van der Waals surface area contributed by atoms with Gasteiger partial charge in [0.05, 0.1) is 19.1 Å². The van der Waals surface area contributed by atoms with Crippen LogP contribution in [0, 0.1) is 20.8 Å². The van der Waals surface area contributed by atoms with Gasteiger partial charge in [-0.3, -0.25) is 9.10 Å². The number of anilines is 1. The van der Waals surface area contributed by atoms with Gasteiger partial charge in [-0.05, 0) is 49.6 Å². The van der Waals surface area contributed by atoms with E-state index in [1.54, 1.807) is 14.2 Å². The zero-order valence-corrected chi connectivity index (χ0v) is 18.1. The minimum atomic E-state index is -3.62. The van der Waals surface area contributed by atoms with Gasteiger partial charge in [-0.15, -0.1) is 0 Å². The van der Waals surface area contributed by atoms with Gasteiger partial charge in [0.25, 0.3) is 0 Å². The van der Waals surface area contributed by atoms with Crippen molar-refractivity contribution >= 4 is 21.6 Å². The van der Waals surface area contributed by atoms with Gasteiger partial charge in [-0.25, -0.2) is 8.42 Å². The first-order chi connectivity index (χ1) is 13.0. The summed E-state index contributed by atoms with van der Waals surface area (Å²) in [5.74, 6) is 0.465. The van der Waals surface area contributed by atoms with Crippen molar-refractivity contribution in [1.82, 2.24) is 4.90 Å². The molecule has 28 heavy (non-hydrogen) atoms. The summed E-state index contributed by atoms with van der Waals surface area (Å²) in [5, 5.41) is 0. The first kappa shape index (κ1) is 21.8. The molecule has 0 heterocycles. The van der Waals surface area contributed by atoms with Crippen LogP contribution in [0.4, 0.5) is 5.69 Å². The molecule has 0 aliphatic heterocycles. The number of carbonyl (C=O) groups is 1. The number of aryl methyl sites for hydroxylation is 3. The molecule has 1 amide bonds. The summed E-state index contributed by atoms with van der Waals surface area (Å²) in [7, 11) is -0.352. The van der Waals surface area contributed by atoms with Gasteiger partial charge in [-0.1, -0.05) is 29.8 Å². The van der Waals surface area contributed by atoms with Gasteiger partial charge in [-0.2, -0.15) is 0 Å². The smallest absolute Gasteiger partial charge is 0.243 e. The predicted molar refractivity (Wildman–Crippen MR) is 112 cm³/mol. The van der Waals surface area contributed by atoms with Gasteiger partial charge in [0.2, 0.25) is 15.9 Å². The van der Waals surface area contributed by atoms with Crippen LogP contribution in [0.15, 0.2) is 36.4 Å². The standard InChI is InChI=1S/C21H28N2O4S/c1-15-11-16(2)21(17(3)12-15)23(28(6,25)26)14-20(24)22(4)13-18-7-9-19(27-5)10-8-18/h7-12H,13-14H2,1-6H3. The van der Waals surface area contributed by atoms with E-state index in [4.69, 9.17) is 4.74 Å². The number of benzene rings is 2. The third-order valence-corrected chi connectivity index (χ3v) is 5.68. The average Bonchev–Trinajstić information content (AvgIpc) is 2.59. The van der Waals surface area contributed by atoms with Crippen LogP contribution in [0.3, 0.4) is 0 Å². The molecule has 2 aromatic rings. The first-order valence-electron chi connectivity index (χ1n) is 8.95. The van der Waals surface area contributed by atoms with E-state index in [1.807, 2.05) is 57.2 Å². The SMILES string of the molecule is COc1ccc(CN(C)C(=O)CN(c2c(C)cc(C)cc2C)S(C)(=O)=O)cc1. The van der Waals surface area contributed by atoms with E-state index < -0.39 is 10.0 Å². The lowest BCUT2D eigenvalue weighted by Gasteiger charge is -2.28. The van der Waals surface area contributed by atoms with Crippen LogP contribution in [-0.4, -0.2) is 46.2 Å². The number of likely N-dealkylation sites (N-methyl/N-ethyl adjacent to an activating group) is 1. The molecule has 0 spiro atoms. The van der Waals surface area contributed by atoms with Crippen molar-refractivity contribution in [1.29, 1.82) is 0 Å². The van der Waals surface area contributed by atoms with E-state index in [0.29, 0.717) is 12.2 Å². The van der Waals surface area contributed by atoms with Crippen molar-refractivity contribution < 1.29 is 17.9 Å². The van der Waals surface area contributed by atoms with E-state index in [1.165, 1.54) is 9.21 Å². The molecule has 0 unspecified atom stereocenters. The first-order valence-corrected chi connectivity index (χ1v) is 10.8. The summed E-state index contributed by atoms with van der Waals surface area (Å²) in [5.41, 5.74) is 4.21. The number of amides is 1. The van der Waals surface area contributed by atoms with Crippen molar-refractivity contribution in [3.8, 4) is 5.75 Å². The van der Waals surface area contributed by atoms with Gasteiger partial charge < -0.3 is 9.64 Å². The fourth-order valence-electron chi connectivity index (χ4n) is 3.26. The molecule has 0 aliphatic carbocycles. The molecule has 0 atom stereocenters. The molecule has 0 fully saturated rings. The van der Waals surface area contributed by atoms with Crippen molar-refractivity contribution in [3.05, 3.63) is 58.7 Å². The number of rotatable bonds is 7. The summed E-state index contributed by atoms with van der Waals surface area (Å²) in [4.78, 5) is 14.3. The Bertz CT molecular complexity index is 930. The van der Waals surface area contributed by atoms with Gasteiger partial charge >= 0.3 is 0 Å². The van der Waals surface area contributed by atoms with Crippen LogP contribution in [-0.2, 0) is 21.4 Å². The molecule has 0 aliphatic rings. The van der Waals surface area contributed by atoms with Gasteiger partial charge in [0, 0.05) is 13.6 Å². The summed E-state index contributed by atoms with van der Waals surface area (Å²) < 4.78 is 31.2. The van der Waals surface area contributed by atoms with Crippen LogP contribution < -0.4 is 9.04 Å². The highest BCUT2D eigenvalue weighted by Gasteiger charge is 2.25. The Kier molecular flexibility index (Phi) is 6.72. The lowest BCUT2D eigenvalue weighted by Crippen LogP contribution is -2.41. The molecule has 0 radical (unpaired) electrons. The van der Waals surface area contributed by atoms with Gasteiger partial charge in [0.15, 0.2) is 0 Å². The fourth-order valence-corrected chi connectivity index (χ4v) is 4.23. The number of sulfonamides is 1. The molecular weight excluding hydrogens is 376 g/mol. The lowest BCUT2D eigenvalue weighted by molar-refractivity contribution is -0.128. The van der Waals surface area contributed by atoms with Crippen LogP contribution in [0.25, 0.3) is 0 Å². The van der Waals surface area contributed by atoms with Crippen LogP contribution in [0.5, 0.6) is 5.75 Å². The minimum Gasteiger partial charge on any atom is -0.497 e. The third kappa shape index (κ3) is 5.25. The Hall–Kier alpha value is -2.54. The number of methoxy groups -OCH3 is 1. The molecular formula is C21H28N2O4S. The zero-order chi connectivity index (χ0) is 21.1. The Morgan fingerprint density at radius 3 is 2.04 bits per heavy atom. The second-order valence-electron chi connectivity index (χ2n) is 7.11. The molecule has 0 saturated heterocycles. The molecule has 2 rings (SSSR count).